The van der Waals surface area contributed by atoms with E-state index in [1.165, 1.54) is 11.3 Å². The van der Waals surface area contributed by atoms with E-state index in [1.807, 2.05) is 17.5 Å². The van der Waals surface area contributed by atoms with Crippen LogP contribution in [-0.2, 0) is 0 Å². The predicted molar refractivity (Wildman–Crippen MR) is 74.0 cm³/mol. The lowest BCUT2D eigenvalue weighted by atomic mass is 10.1. The summed E-state index contributed by atoms with van der Waals surface area (Å²) in [4.78, 5) is 16.2. The minimum atomic E-state index is -1.12. The first-order valence-electron chi connectivity index (χ1n) is 5.91. The standard InChI is InChI=1S/C14H11NO4S/c1-7-6-9(8(2)18-7)12-11(14(16)17)15-13(19-12)10-4-3-5-20-10/h3-6H,1-2H3,(H,16,17). The second-order valence-electron chi connectivity index (χ2n) is 4.31. The van der Waals surface area contributed by atoms with Crippen molar-refractivity contribution in [3.63, 3.8) is 0 Å². The van der Waals surface area contributed by atoms with Gasteiger partial charge in [-0.1, -0.05) is 6.07 Å². The van der Waals surface area contributed by atoms with E-state index >= 15 is 0 Å². The molecule has 0 aromatic carbocycles. The number of thiophene rings is 1. The molecule has 0 radical (unpaired) electrons. The molecule has 102 valence electrons. The van der Waals surface area contributed by atoms with Crippen LogP contribution in [0.25, 0.3) is 22.1 Å². The van der Waals surface area contributed by atoms with Crippen LogP contribution in [0, 0.1) is 13.8 Å². The zero-order chi connectivity index (χ0) is 14.3. The Bertz CT molecular complexity index is 767. The summed E-state index contributed by atoms with van der Waals surface area (Å²) in [5, 5.41) is 11.2. The lowest BCUT2D eigenvalue weighted by molar-refractivity contribution is 0.0691. The molecule has 0 fully saturated rings. The number of aromatic carboxylic acids is 1. The van der Waals surface area contributed by atoms with Crippen molar-refractivity contribution >= 4 is 17.3 Å². The Labute approximate surface area is 118 Å². The Morgan fingerprint density at radius 1 is 1.35 bits per heavy atom. The Hall–Kier alpha value is -2.34. The number of carbonyl (C=O) groups is 1. The fourth-order valence-electron chi connectivity index (χ4n) is 2.01. The number of aromatic nitrogens is 1. The second kappa shape index (κ2) is 4.64. The number of hydrogen-bond donors (Lipinski definition) is 1. The summed E-state index contributed by atoms with van der Waals surface area (Å²) in [7, 11) is 0. The largest absolute Gasteiger partial charge is 0.476 e. The molecule has 0 bridgehead atoms. The number of hydrogen-bond acceptors (Lipinski definition) is 5. The summed E-state index contributed by atoms with van der Waals surface area (Å²) in [5.41, 5.74) is 0.521. The fourth-order valence-corrected chi connectivity index (χ4v) is 2.66. The van der Waals surface area contributed by atoms with Crippen molar-refractivity contribution in [2.45, 2.75) is 13.8 Å². The van der Waals surface area contributed by atoms with E-state index in [9.17, 15) is 9.90 Å². The first-order chi connectivity index (χ1) is 9.56. The van der Waals surface area contributed by atoms with Gasteiger partial charge in [0.05, 0.1) is 10.4 Å². The third-order valence-corrected chi connectivity index (χ3v) is 3.71. The van der Waals surface area contributed by atoms with Crippen LogP contribution in [0.4, 0.5) is 0 Å². The Balaban J connectivity index is 2.19. The van der Waals surface area contributed by atoms with E-state index in [2.05, 4.69) is 4.98 Å². The van der Waals surface area contributed by atoms with Crippen molar-refractivity contribution in [2.75, 3.05) is 0 Å². The zero-order valence-corrected chi connectivity index (χ0v) is 11.7. The van der Waals surface area contributed by atoms with Crippen molar-refractivity contribution in [1.29, 1.82) is 0 Å². The normalized spacial score (nSPS) is 10.9. The third-order valence-electron chi connectivity index (χ3n) is 2.85. The molecule has 3 aromatic rings. The predicted octanol–water partition coefficient (Wildman–Crippen LogP) is 3.98. The Morgan fingerprint density at radius 3 is 2.70 bits per heavy atom. The molecule has 0 atom stereocenters. The van der Waals surface area contributed by atoms with Gasteiger partial charge < -0.3 is 13.9 Å². The summed E-state index contributed by atoms with van der Waals surface area (Å²) in [5.74, 6) is 0.729. The van der Waals surface area contributed by atoms with Gasteiger partial charge in [-0.25, -0.2) is 9.78 Å². The molecule has 0 saturated carbocycles. The first kappa shape index (κ1) is 12.7. The minimum Gasteiger partial charge on any atom is -0.476 e. The van der Waals surface area contributed by atoms with Gasteiger partial charge in [-0.15, -0.1) is 11.3 Å². The van der Waals surface area contributed by atoms with Crippen molar-refractivity contribution in [3.05, 3.63) is 40.8 Å². The summed E-state index contributed by atoms with van der Waals surface area (Å²) < 4.78 is 11.1. The SMILES string of the molecule is Cc1cc(-c2oc(-c3cccs3)nc2C(=O)O)c(C)o1. The van der Waals surface area contributed by atoms with E-state index in [0.717, 1.165) is 4.88 Å². The lowest BCUT2D eigenvalue weighted by Crippen LogP contribution is -1.98. The molecule has 0 saturated heterocycles. The molecule has 0 spiro atoms. The van der Waals surface area contributed by atoms with Gasteiger partial charge in [0.15, 0.2) is 11.5 Å². The molecule has 0 unspecified atom stereocenters. The van der Waals surface area contributed by atoms with Crippen LogP contribution < -0.4 is 0 Å². The highest BCUT2D eigenvalue weighted by atomic mass is 32.1. The molecule has 0 aliphatic heterocycles. The number of nitrogens with zero attached hydrogens (tertiary/aromatic N) is 1. The number of rotatable bonds is 3. The Morgan fingerprint density at radius 2 is 2.15 bits per heavy atom. The number of oxazole rings is 1. The van der Waals surface area contributed by atoms with Gasteiger partial charge in [-0.3, -0.25) is 0 Å². The molecule has 3 rings (SSSR count). The number of carboxylic acids is 1. The maximum absolute atomic E-state index is 11.3. The smallest absolute Gasteiger partial charge is 0.358 e. The Kier molecular flexibility index (Phi) is 2.94. The maximum atomic E-state index is 11.3. The first-order valence-corrected chi connectivity index (χ1v) is 6.79. The van der Waals surface area contributed by atoms with Gasteiger partial charge in [0, 0.05) is 0 Å². The summed E-state index contributed by atoms with van der Waals surface area (Å²) in [6, 6.07) is 5.44. The van der Waals surface area contributed by atoms with Gasteiger partial charge in [0.25, 0.3) is 0 Å². The van der Waals surface area contributed by atoms with E-state index in [4.69, 9.17) is 8.83 Å². The summed E-state index contributed by atoms with van der Waals surface area (Å²) in [6.45, 7) is 3.56. The van der Waals surface area contributed by atoms with Crippen LogP contribution in [0.15, 0.2) is 32.4 Å². The highest BCUT2D eigenvalue weighted by molar-refractivity contribution is 7.13. The quantitative estimate of drug-likeness (QED) is 0.789. The van der Waals surface area contributed by atoms with Gasteiger partial charge in [0.1, 0.15) is 11.5 Å². The van der Waals surface area contributed by atoms with Crippen molar-refractivity contribution in [3.8, 4) is 22.1 Å². The van der Waals surface area contributed by atoms with E-state index in [1.54, 1.807) is 19.9 Å². The average molecular weight is 289 g/mol. The van der Waals surface area contributed by atoms with Crippen LogP contribution in [-0.4, -0.2) is 16.1 Å². The molecule has 0 aliphatic rings. The average Bonchev–Trinajstić information content (AvgIpc) is 3.07. The second-order valence-corrected chi connectivity index (χ2v) is 5.25. The number of aryl methyl sites for hydroxylation is 2. The van der Waals surface area contributed by atoms with Gasteiger partial charge in [-0.05, 0) is 31.4 Å². The molecular weight excluding hydrogens is 278 g/mol. The highest BCUT2D eigenvalue weighted by Gasteiger charge is 2.24. The zero-order valence-electron chi connectivity index (χ0n) is 10.8. The van der Waals surface area contributed by atoms with Gasteiger partial charge >= 0.3 is 5.97 Å². The van der Waals surface area contributed by atoms with Crippen LogP contribution in [0.5, 0.6) is 0 Å². The van der Waals surface area contributed by atoms with Crippen molar-refractivity contribution < 1.29 is 18.7 Å². The van der Waals surface area contributed by atoms with E-state index < -0.39 is 5.97 Å². The van der Waals surface area contributed by atoms with Crippen LogP contribution in [0.2, 0.25) is 0 Å². The fraction of sp³-hybridized carbons (Fsp3) is 0.143. The van der Waals surface area contributed by atoms with Crippen LogP contribution in [0.1, 0.15) is 22.0 Å². The van der Waals surface area contributed by atoms with Crippen molar-refractivity contribution in [2.24, 2.45) is 0 Å². The summed E-state index contributed by atoms with van der Waals surface area (Å²) in [6.07, 6.45) is 0. The molecule has 0 amide bonds. The molecule has 0 aliphatic carbocycles. The highest BCUT2D eigenvalue weighted by Crippen LogP contribution is 2.34. The van der Waals surface area contributed by atoms with Crippen LogP contribution in [0.3, 0.4) is 0 Å². The van der Waals surface area contributed by atoms with Crippen LogP contribution >= 0.6 is 11.3 Å². The lowest BCUT2D eigenvalue weighted by Gasteiger charge is -1.94. The molecule has 20 heavy (non-hydrogen) atoms. The molecule has 6 heteroatoms. The topological polar surface area (TPSA) is 76.5 Å². The van der Waals surface area contributed by atoms with E-state index in [-0.39, 0.29) is 11.5 Å². The summed E-state index contributed by atoms with van der Waals surface area (Å²) >= 11 is 1.44. The molecule has 3 aromatic heterocycles. The molecule has 5 nitrogen and oxygen atoms in total. The number of carboxylic acid groups (broad SMARTS) is 1. The number of furan rings is 1. The van der Waals surface area contributed by atoms with Crippen molar-refractivity contribution in [1.82, 2.24) is 4.98 Å². The van der Waals surface area contributed by atoms with Gasteiger partial charge in [0.2, 0.25) is 5.89 Å². The van der Waals surface area contributed by atoms with E-state index in [0.29, 0.717) is 23.0 Å². The molecule has 1 N–H and O–H groups in total. The molecule has 3 heterocycles. The minimum absolute atomic E-state index is 0.0997. The van der Waals surface area contributed by atoms with Gasteiger partial charge in [-0.2, -0.15) is 0 Å². The maximum Gasteiger partial charge on any atom is 0.358 e. The monoisotopic (exact) mass is 289 g/mol. The molecular formula is C14H11NO4S. The third kappa shape index (κ3) is 2.04.